The number of carbonyl (C=O) groups excluding carboxylic acids is 1. The smallest absolute Gasteiger partial charge is 0.222 e. The lowest BCUT2D eigenvalue weighted by atomic mass is 10.1. The first-order valence-corrected chi connectivity index (χ1v) is 11.4. The number of aryl methyl sites for hydroxylation is 1. The molecule has 1 amide bonds. The highest BCUT2D eigenvalue weighted by molar-refractivity contribution is 7.13. The van der Waals surface area contributed by atoms with Crippen molar-refractivity contribution in [3.8, 4) is 16.3 Å². The highest BCUT2D eigenvalue weighted by Crippen LogP contribution is 2.28. The summed E-state index contributed by atoms with van der Waals surface area (Å²) in [4.78, 5) is 16.9. The minimum atomic E-state index is 0.172. The van der Waals surface area contributed by atoms with Gasteiger partial charge in [0.1, 0.15) is 5.69 Å². The fraction of sp³-hybridized carbons (Fsp3) is 0.217. The molecule has 3 aromatic heterocycles. The largest absolute Gasteiger partial charge is 0.341 e. The molecule has 0 spiro atoms. The highest BCUT2D eigenvalue weighted by atomic mass is 32.1. The number of benzene rings is 1. The zero-order valence-electron chi connectivity index (χ0n) is 16.3. The third-order valence-electron chi connectivity index (χ3n) is 4.79. The van der Waals surface area contributed by atoms with Crippen molar-refractivity contribution < 1.29 is 4.79 Å². The highest BCUT2D eigenvalue weighted by Gasteiger charge is 2.17. The third-order valence-corrected chi connectivity index (χ3v) is 6.61. The second-order valence-corrected chi connectivity index (χ2v) is 8.92. The summed E-state index contributed by atoms with van der Waals surface area (Å²) in [6.07, 6.45) is 4.45. The Kier molecular flexibility index (Phi) is 6.22. The molecule has 3 heterocycles. The van der Waals surface area contributed by atoms with Gasteiger partial charge in [-0.2, -0.15) is 5.10 Å². The predicted octanol–water partition coefficient (Wildman–Crippen LogP) is 5.64. The van der Waals surface area contributed by atoms with E-state index in [4.69, 9.17) is 5.10 Å². The van der Waals surface area contributed by atoms with Crippen LogP contribution in [0.2, 0.25) is 0 Å². The second kappa shape index (κ2) is 9.20. The topological polar surface area (TPSA) is 38.1 Å². The molecule has 1 aromatic carbocycles. The number of nitrogens with zero attached hydrogens (tertiary/aromatic N) is 3. The Morgan fingerprint density at radius 3 is 2.55 bits per heavy atom. The van der Waals surface area contributed by atoms with E-state index in [-0.39, 0.29) is 5.91 Å². The van der Waals surface area contributed by atoms with Crippen molar-refractivity contribution in [2.24, 2.45) is 0 Å². The van der Waals surface area contributed by atoms with Gasteiger partial charge in [0, 0.05) is 36.7 Å². The van der Waals surface area contributed by atoms with Crippen LogP contribution in [0.15, 0.2) is 71.6 Å². The second-order valence-electron chi connectivity index (χ2n) is 6.94. The Morgan fingerprint density at radius 1 is 1.03 bits per heavy atom. The fourth-order valence-corrected chi connectivity index (χ4v) is 4.76. The van der Waals surface area contributed by atoms with E-state index in [1.807, 2.05) is 59.2 Å². The van der Waals surface area contributed by atoms with Gasteiger partial charge in [-0.05, 0) is 47.9 Å². The molecular weight excluding hydrogens is 398 g/mol. The number of aromatic nitrogens is 2. The van der Waals surface area contributed by atoms with Gasteiger partial charge < -0.3 is 4.90 Å². The number of amides is 1. The fourth-order valence-electron chi connectivity index (χ4n) is 3.26. The molecule has 0 atom stereocenters. The van der Waals surface area contributed by atoms with Crippen molar-refractivity contribution in [3.05, 3.63) is 82.0 Å². The summed E-state index contributed by atoms with van der Waals surface area (Å²) in [5, 5.41) is 8.96. The number of thiophene rings is 2. The predicted molar refractivity (Wildman–Crippen MR) is 121 cm³/mol. The first-order chi connectivity index (χ1) is 14.2. The van der Waals surface area contributed by atoms with Gasteiger partial charge in [-0.25, -0.2) is 4.68 Å². The summed E-state index contributed by atoms with van der Waals surface area (Å²) in [5.74, 6) is 0.172. The number of rotatable bonds is 8. The molecule has 0 saturated carbocycles. The number of para-hydroxylation sites is 1. The monoisotopic (exact) mass is 421 g/mol. The average molecular weight is 422 g/mol. The summed E-state index contributed by atoms with van der Waals surface area (Å²) < 4.78 is 1.90. The SMILES string of the molecule is CN(Cc1cn(-c2ccccc2)nc1-c1cccs1)C(=O)CCCc1cccs1. The summed E-state index contributed by atoms with van der Waals surface area (Å²) in [6.45, 7) is 0.553. The van der Waals surface area contributed by atoms with Crippen LogP contribution in [0.3, 0.4) is 0 Å². The number of carbonyl (C=O) groups is 1. The molecule has 0 aliphatic heterocycles. The molecule has 0 bridgehead atoms. The molecule has 0 aliphatic carbocycles. The summed E-state index contributed by atoms with van der Waals surface area (Å²) in [6, 6.07) is 18.4. The molecule has 148 valence electrons. The number of hydrogen-bond acceptors (Lipinski definition) is 4. The van der Waals surface area contributed by atoms with E-state index in [1.54, 1.807) is 22.7 Å². The van der Waals surface area contributed by atoms with E-state index < -0.39 is 0 Å². The molecule has 0 fully saturated rings. The Balaban J connectivity index is 1.48. The van der Waals surface area contributed by atoms with Crippen LogP contribution < -0.4 is 0 Å². The summed E-state index contributed by atoms with van der Waals surface area (Å²) in [7, 11) is 1.88. The van der Waals surface area contributed by atoms with Crippen LogP contribution in [-0.2, 0) is 17.8 Å². The molecule has 0 saturated heterocycles. The molecule has 0 unspecified atom stereocenters. The lowest BCUT2D eigenvalue weighted by Gasteiger charge is -2.17. The van der Waals surface area contributed by atoms with Crippen molar-refractivity contribution in [2.45, 2.75) is 25.8 Å². The minimum absolute atomic E-state index is 0.172. The molecule has 4 rings (SSSR count). The third kappa shape index (κ3) is 4.83. The molecule has 0 N–H and O–H groups in total. The minimum Gasteiger partial charge on any atom is -0.341 e. The van der Waals surface area contributed by atoms with Crippen molar-refractivity contribution in [3.63, 3.8) is 0 Å². The zero-order valence-corrected chi connectivity index (χ0v) is 18.0. The Hall–Kier alpha value is -2.70. The van der Waals surface area contributed by atoms with Crippen LogP contribution in [0, 0.1) is 0 Å². The van der Waals surface area contributed by atoms with Crippen LogP contribution in [0.25, 0.3) is 16.3 Å². The average Bonchev–Trinajstić information content (AvgIpc) is 3.50. The summed E-state index contributed by atoms with van der Waals surface area (Å²) >= 11 is 3.42. The van der Waals surface area contributed by atoms with Gasteiger partial charge in [0.05, 0.1) is 10.6 Å². The van der Waals surface area contributed by atoms with Crippen molar-refractivity contribution in [1.29, 1.82) is 0 Å². The van der Waals surface area contributed by atoms with E-state index in [2.05, 4.69) is 29.0 Å². The maximum Gasteiger partial charge on any atom is 0.222 e. The normalized spacial score (nSPS) is 10.9. The van der Waals surface area contributed by atoms with E-state index >= 15 is 0 Å². The number of hydrogen-bond donors (Lipinski definition) is 0. The molecule has 29 heavy (non-hydrogen) atoms. The van der Waals surface area contributed by atoms with Crippen LogP contribution >= 0.6 is 22.7 Å². The van der Waals surface area contributed by atoms with Crippen LogP contribution in [0.4, 0.5) is 0 Å². The van der Waals surface area contributed by atoms with E-state index in [0.29, 0.717) is 13.0 Å². The quantitative estimate of drug-likeness (QED) is 0.369. The first-order valence-electron chi connectivity index (χ1n) is 9.65. The van der Waals surface area contributed by atoms with Crippen LogP contribution in [0.5, 0.6) is 0 Å². The maximum absolute atomic E-state index is 12.7. The first kappa shape index (κ1) is 19.6. The van der Waals surface area contributed by atoms with Crippen molar-refractivity contribution in [1.82, 2.24) is 14.7 Å². The zero-order chi connectivity index (χ0) is 20.1. The van der Waals surface area contributed by atoms with Gasteiger partial charge >= 0.3 is 0 Å². The van der Waals surface area contributed by atoms with Gasteiger partial charge in [-0.3, -0.25) is 4.79 Å². The van der Waals surface area contributed by atoms with E-state index in [9.17, 15) is 4.79 Å². The van der Waals surface area contributed by atoms with Crippen LogP contribution in [-0.4, -0.2) is 27.6 Å². The Bertz CT molecular complexity index is 1040. The molecule has 0 aliphatic rings. The lowest BCUT2D eigenvalue weighted by molar-refractivity contribution is -0.130. The molecule has 0 radical (unpaired) electrons. The lowest BCUT2D eigenvalue weighted by Crippen LogP contribution is -2.26. The molecular formula is C23H23N3OS2. The van der Waals surface area contributed by atoms with Gasteiger partial charge in [-0.1, -0.05) is 30.3 Å². The van der Waals surface area contributed by atoms with Crippen molar-refractivity contribution >= 4 is 28.6 Å². The van der Waals surface area contributed by atoms with Gasteiger partial charge in [0.15, 0.2) is 0 Å². The Labute approximate surface area is 179 Å². The summed E-state index contributed by atoms with van der Waals surface area (Å²) in [5.41, 5.74) is 3.02. The van der Waals surface area contributed by atoms with Crippen molar-refractivity contribution in [2.75, 3.05) is 7.05 Å². The molecule has 4 nitrogen and oxygen atoms in total. The van der Waals surface area contributed by atoms with Crippen LogP contribution in [0.1, 0.15) is 23.3 Å². The molecule has 6 heteroatoms. The Morgan fingerprint density at radius 2 is 1.83 bits per heavy atom. The molecule has 4 aromatic rings. The van der Waals surface area contributed by atoms with Gasteiger partial charge in [0.25, 0.3) is 0 Å². The van der Waals surface area contributed by atoms with Gasteiger partial charge in [-0.15, -0.1) is 22.7 Å². The van der Waals surface area contributed by atoms with Gasteiger partial charge in [0.2, 0.25) is 5.91 Å². The van der Waals surface area contributed by atoms with E-state index in [0.717, 1.165) is 34.7 Å². The maximum atomic E-state index is 12.7. The van der Waals surface area contributed by atoms with E-state index in [1.165, 1.54) is 4.88 Å². The standard InChI is InChI=1S/C23H23N3OS2/c1-25(22(27)13-5-10-20-11-6-14-28-20)16-18-17-26(19-8-3-2-4-9-19)24-23(18)21-12-7-15-29-21/h2-4,6-9,11-12,14-15,17H,5,10,13,16H2,1H3.